The molecule has 0 unspecified atom stereocenters. The number of nitrogens with one attached hydrogen (secondary N) is 1. The number of aryl methyl sites for hydroxylation is 1. The van der Waals surface area contributed by atoms with Crippen molar-refractivity contribution in [3.05, 3.63) is 60.0 Å². The minimum absolute atomic E-state index is 0.177. The second-order valence-corrected chi connectivity index (χ2v) is 5.47. The lowest BCUT2D eigenvalue weighted by Crippen LogP contribution is -2.17. The molecule has 5 nitrogen and oxygen atoms in total. The highest BCUT2D eigenvalue weighted by Gasteiger charge is 2.19. The van der Waals surface area contributed by atoms with Gasteiger partial charge >= 0.3 is 0 Å². The first-order valence-electron chi connectivity index (χ1n) is 8.23. The molecule has 0 spiro atoms. The van der Waals surface area contributed by atoms with E-state index in [0.717, 1.165) is 24.2 Å². The number of anilines is 1. The van der Waals surface area contributed by atoms with Crippen molar-refractivity contribution < 1.29 is 9.53 Å². The molecular weight excluding hydrogens is 302 g/mol. The molecule has 124 valence electrons. The molecule has 0 bridgehead atoms. The molecular formula is C19H21N3O2. The summed E-state index contributed by atoms with van der Waals surface area (Å²) in [7, 11) is 0. The van der Waals surface area contributed by atoms with Gasteiger partial charge in [0.1, 0.15) is 17.1 Å². The summed E-state index contributed by atoms with van der Waals surface area (Å²) < 4.78 is 7.42. The Morgan fingerprint density at radius 3 is 2.75 bits per heavy atom. The van der Waals surface area contributed by atoms with Crippen molar-refractivity contribution in [2.45, 2.75) is 26.7 Å². The number of carbonyl (C=O) groups is 1. The van der Waals surface area contributed by atoms with Crippen LogP contribution in [0, 0.1) is 0 Å². The average molecular weight is 323 g/mol. The number of nitrogens with zero attached hydrogens (tertiary/aromatic N) is 2. The molecule has 2 aromatic heterocycles. The Labute approximate surface area is 141 Å². The van der Waals surface area contributed by atoms with Crippen LogP contribution in [0.4, 0.5) is 5.69 Å². The molecule has 24 heavy (non-hydrogen) atoms. The van der Waals surface area contributed by atoms with E-state index in [2.05, 4.69) is 17.2 Å². The maximum Gasteiger partial charge on any atom is 0.274 e. The van der Waals surface area contributed by atoms with Crippen molar-refractivity contribution >= 4 is 17.2 Å². The van der Waals surface area contributed by atoms with E-state index in [4.69, 9.17) is 4.74 Å². The summed E-state index contributed by atoms with van der Waals surface area (Å²) in [6.07, 6.45) is 3.56. The molecule has 0 aliphatic carbocycles. The van der Waals surface area contributed by atoms with Crippen LogP contribution in [0.5, 0.6) is 5.75 Å². The number of fused-ring (bicyclic) bond motifs is 1. The van der Waals surface area contributed by atoms with Gasteiger partial charge in [0.25, 0.3) is 5.91 Å². The minimum Gasteiger partial charge on any atom is -0.492 e. The van der Waals surface area contributed by atoms with Crippen LogP contribution in [0.1, 0.15) is 36.5 Å². The van der Waals surface area contributed by atoms with Crippen LogP contribution in [0.15, 0.2) is 48.7 Å². The van der Waals surface area contributed by atoms with Crippen LogP contribution in [0.2, 0.25) is 0 Å². The number of carbonyl (C=O) groups excluding carboxylic acids is 1. The van der Waals surface area contributed by atoms with Crippen LogP contribution in [-0.4, -0.2) is 21.9 Å². The lowest BCUT2D eigenvalue weighted by molar-refractivity contribution is 0.102. The van der Waals surface area contributed by atoms with Gasteiger partial charge in [-0.2, -0.15) is 0 Å². The summed E-state index contributed by atoms with van der Waals surface area (Å²) in [5.41, 5.74) is 2.84. The highest BCUT2D eigenvalue weighted by atomic mass is 16.5. The molecule has 0 saturated carbocycles. The topological polar surface area (TPSA) is 55.6 Å². The van der Waals surface area contributed by atoms with E-state index in [1.54, 1.807) is 0 Å². The molecule has 0 aliphatic rings. The number of pyridine rings is 1. The Bertz CT molecular complexity index is 855. The molecule has 1 aromatic carbocycles. The Balaban J connectivity index is 1.98. The van der Waals surface area contributed by atoms with Gasteiger partial charge in [0.05, 0.1) is 18.0 Å². The van der Waals surface area contributed by atoms with Crippen LogP contribution >= 0.6 is 0 Å². The van der Waals surface area contributed by atoms with Gasteiger partial charge in [-0.3, -0.25) is 9.20 Å². The zero-order chi connectivity index (χ0) is 16.9. The molecule has 0 atom stereocenters. The van der Waals surface area contributed by atoms with Gasteiger partial charge in [0, 0.05) is 6.20 Å². The smallest absolute Gasteiger partial charge is 0.274 e. The number of amides is 1. The fourth-order valence-corrected chi connectivity index (χ4v) is 2.73. The van der Waals surface area contributed by atoms with E-state index in [9.17, 15) is 4.79 Å². The molecule has 0 fully saturated rings. The second-order valence-electron chi connectivity index (χ2n) is 5.47. The fraction of sp³-hybridized carbons (Fsp3) is 0.263. The molecule has 1 amide bonds. The summed E-state index contributed by atoms with van der Waals surface area (Å²) in [6, 6.07) is 13.2. The number of hydrogen-bond donors (Lipinski definition) is 1. The highest BCUT2D eigenvalue weighted by Crippen LogP contribution is 2.25. The van der Waals surface area contributed by atoms with Crippen molar-refractivity contribution in [1.29, 1.82) is 0 Å². The van der Waals surface area contributed by atoms with Gasteiger partial charge in [0.2, 0.25) is 0 Å². The SMILES string of the molecule is CCCc1nc2ccccn2c1C(=O)Nc1ccccc1OCC. The third-order valence-corrected chi connectivity index (χ3v) is 3.74. The van der Waals surface area contributed by atoms with Gasteiger partial charge in [-0.15, -0.1) is 0 Å². The zero-order valence-corrected chi connectivity index (χ0v) is 14.0. The number of para-hydroxylation sites is 2. The van der Waals surface area contributed by atoms with Crippen molar-refractivity contribution in [3.63, 3.8) is 0 Å². The van der Waals surface area contributed by atoms with E-state index in [1.807, 2.05) is 60.0 Å². The minimum atomic E-state index is -0.177. The Hall–Kier alpha value is -2.82. The summed E-state index contributed by atoms with van der Waals surface area (Å²) in [5, 5.41) is 2.96. The zero-order valence-electron chi connectivity index (χ0n) is 14.0. The van der Waals surface area contributed by atoms with Crippen molar-refractivity contribution in [1.82, 2.24) is 9.38 Å². The second kappa shape index (κ2) is 7.17. The summed E-state index contributed by atoms with van der Waals surface area (Å²) >= 11 is 0. The van der Waals surface area contributed by atoms with Gasteiger partial charge < -0.3 is 10.1 Å². The van der Waals surface area contributed by atoms with E-state index < -0.39 is 0 Å². The number of rotatable bonds is 6. The van der Waals surface area contributed by atoms with E-state index in [-0.39, 0.29) is 5.91 Å². The Morgan fingerprint density at radius 2 is 1.96 bits per heavy atom. The molecule has 0 saturated heterocycles. The van der Waals surface area contributed by atoms with E-state index in [0.29, 0.717) is 23.7 Å². The summed E-state index contributed by atoms with van der Waals surface area (Å²) in [4.78, 5) is 17.5. The number of benzene rings is 1. The molecule has 1 N–H and O–H groups in total. The number of hydrogen-bond acceptors (Lipinski definition) is 3. The van der Waals surface area contributed by atoms with Gasteiger partial charge in [-0.25, -0.2) is 4.98 Å². The molecule has 3 aromatic rings. The monoisotopic (exact) mass is 323 g/mol. The van der Waals surface area contributed by atoms with E-state index in [1.165, 1.54) is 0 Å². The number of aromatic nitrogens is 2. The first-order valence-corrected chi connectivity index (χ1v) is 8.23. The third-order valence-electron chi connectivity index (χ3n) is 3.74. The third kappa shape index (κ3) is 3.11. The first-order chi connectivity index (χ1) is 11.7. The van der Waals surface area contributed by atoms with Crippen LogP contribution in [0.25, 0.3) is 5.65 Å². The maximum absolute atomic E-state index is 12.9. The quantitative estimate of drug-likeness (QED) is 0.747. The van der Waals surface area contributed by atoms with Crippen molar-refractivity contribution in [3.8, 4) is 5.75 Å². The van der Waals surface area contributed by atoms with Gasteiger partial charge in [-0.05, 0) is 37.6 Å². The number of imidazole rings is 1. The normalized spacial score (nSPS) is 10.8. The average Bonchev–Trinajstić information content (AvgIpc) is 2.95. The van der Waals surface area contributed by atoms with Crippen molar-refractivity contribution in [2.75, 3.05) is 11.9 Å². The largest absolute Gasteiger partial charge is 0.492 e. The van der Waals surface area contributed by atoms with Crippen LogP contribution in [-0.2, 0) is 6.42 Å². The molecule has 0 aliphatic heterocycles. The molecule has 5 heteroatoms. The summed E-state index contributed by atoms with van der Waals surface area (Å²) in [5.74, 6) is 0.489. The molecule has 3 rings (SSSR count). The maximum atomic E-state index is 12.9. The lowest BCUT2D eigenvalue weighted by Gasteiger charge is -2.11. The number of ether oxygens (including phenoxy) is 1. The predicted molar refractivity (Wildman–Crippen MR) is 94.8 cm³/mol. The van der Waals surface area contributed by atoms with Gasteiger partial charge in [-0.1, -0.05) is 31.5 Å². The Kier molecular flexibility index (Phi) is 4.79. The fourth-order valence-electron chi connectivity index (χ4n) is 2.73. The standard InChI is InChI=1S/C19H21N3O2/c1-3-9-15-18(22-13-8-7-12-17(22)20-15)19(23)21-14-10-5-6-11-16(14)24-4-2/h5-8,10-13H,3-4,9H2,1-2H3,(H,21,23). The lowest BCUT2D eigenvalue weighted by atomic mass is 10.2. The highest BCUT2D eigenvalue weighted by molar-refractivity contribution is 6.05. The first kappa shape index (κ1) is 16.1. The summed E-state index contributed by atoms with van der Waals surface area (Å²) in [6.45, 7) is 4.54. The van der Waals surface area contributed by atoms with E-state index >= 15 is 0 Å². The predicted octanol–water partition coefficient (Wildman–Crippen LogP) is 3.94. The van der Waals surface area contributed by atoms with Gasteiger partial charge in [0.15, 0.2) is 0 Å². The van der Waals surface area contributed by atoms with Crippen LogP contribution in [0.3, 0.4) is 0 Å². The van der Waals surface area contributed by atoms with Crippen molar-refractivity contribution in [2.24, 2.45) is 0 Å². The molecule has 2 heterocycles. The molecule has 0 radical (unpaired) electrons. The van der Waals surface area contributed by atoms with Crippen LogP contribution < -0.4 is 10.1 Å². The Morgan fingerprint density at radius 1 is 1.17 bits per heavy atom.